The van der Waals surface area contributed by atoms with E-state index in [2.05, 4.69) is 140 Å². The first kappa shape index (κ1) is 55.1. The van der Waals surface area contributed by atoms with Crippen molar-refractivity contribution >= 4 is 51.4 Å². The standard InChI is InChI=1S/C30H24OP.C24BF20/c1-5-13-25(14-6-1)26-21-23-27(24-22-26)31-32(28-15-7-2-8-16-28,29-17-9-3-10-18-29)30-19-11-4-12-20-30;26-5-1(6(27)14(35)21(42)13(5)34)25(2-7(28)15(36)22(43)16(37)8(2)29,3-9(30)17(38)23(44)18(39)10(3)31)4-11(32)19(40)24(45)20(41)12(4)33/h1-24H;/q+1;-1. The molecule has 0 fully saturated rings. The van der Waals surface area contributed by atoms with Gasteiger partial charge in [0.05, 0.1) is 0 Å². The van der Waals surface area contributed by atoms with Gasteiger partial charge in [0.15, 0.2) is 75.6 Å². The summed E-state index contributed by atoms with van der Waals surface area (Å²) < 4.78 is 301. The smallest absolute Gasteiger partial charge is 0.287 e. The molecule has 0 aliphatic carbocycles. The summed E-state index contributed by atoms with van der Waals surface area (Å²) in [6.07, 6.45) is -7.22. The molecule has 0 saturated heterocycles. The minimum Gasteiger partial charge on any atom is -0.334 e. The van der Waals surface area contributed by atoms with Gasteiger partial charge in [-0.3, -0.25) is 0 Å². The highest BCUT2D eigenvalue weighted by Crippen LogP contribution is 2.56. The van der Waals surface area contributed by atoms with Crippen LogP contribution < -0.4 is 42.3 Å². The Hall–Kier alpha value is -8.13. The second-order valence-electron chi connectivity index (χ2n) is 16.4. The molecule has 0 heterocycles. The summed E-state index contributed by atoms with van der Waals surface area (Å²) in [5.41, 5.74) is -11.9. The Morgan fingerprint density at radius 3 is 0.649 bits per heavy atom. The van der Waals surface area contributed by atoms with Crippen molar-refractivity contribution < 1.29 is 92.3 Å². The molecule has 1 nitrogen and oxygen atoms in total. The fraction of sp³-hybridized carbons (Fsp3) is 0. The first-order chi connectivity index (χ1) is 36.6. The van der Waals surface area contributed by atoms with Crippen LogP contribution in [0.15, 0.2) is 146 Å². The van der Waals surface area contributed by atoms with Gasteiger partial charge in [-0.15, -0.1) is 21.9 Å². The number of hydrogen-bond acceptors (Lipinski definition) is 1. The van der Waals surface area contributed by atoms with Gasteiger partial charge in [-0.25, -0.2) is 87.8 Å². The first-order valence-corrected chi connectivity index (χ1v) is 23.4. The molecule has 394 valence electrons. The van der Waals surface area contributed by atoms with E-state index in [0.29, 0.717) is 0 Å². The zero-order chi connectivity index (χ0) is 56.0. The summed E-state index contributed by atoms with van der Waals surface area (Å²) in [6.45, 7) is 0. The van der Waals surface area contributed by atoms with E-state index in [1.807, 2.05) is 6.07 Å². The molecule has 0 radical (unpaired) electrons. The molecular weight excluding hydrogens is 1090 g/mol. The number of benzene rings is 9. The van der Waals surface area contributed by atoms with Gasteiger partial charge in [0.1, 0.15) is 68.6 Å². The third-order valence-electron chi connectivity index (χ3n) is 12.3. The monoisotopic (exact) mass is 1110 g/mol. The van der Waals surface area contributed by atoms with Gasteiger partial charge in [-0.05, 0) is 59.7 Å². The SMILES string of the molecule is Fc1c(F)c(F)c([B-](c2c(F)c(F)c(F)c(F)c2F)(c2c(F)c(F)c(F)c(F)c2F)c2c(F)c(F)c(F)c(F)c2F)c(F)c1F.c1ccc(-c2ccc(O[P+](c3ccccc3)(c3ccccc3)c3ccccc3)cc2)cc1. The first-order valence-electron chi connectivity index (χ1n) is 21.7. The van der Waals surface area contributed by atoms with Gasteiger partial charge in [0.2, 0.25) is 0 Å². The molecule has 0 amide bonds. The Morgan fingerprint density at radius 1 is 0.221 bits per heavy atom. The topological polar surface area (TPSA) is 9.23 Å². The Bertz CT molecular complexity index is 3230. The van der Waals surface area contributed by atoms with Gasteiger partial charge in [-0.1, -0.05) is 97.1 Å². The third kappa shape index (κ3) is 9.00. The van der Waals surface area contributed by atoms with Crippen LogP contribution >= 0.6 is 7.49 Å². The van der Waals surface area contributed by atoms with E-state index in [4.69, 9.17) is 4.52 Å². The van der Waals surface area contributed by atoms with Crippen LogP contribution in [0.4, 0.5) is 87.8 Å². The van der Waals surface area contributed by atoms with E-state index in [0.717, 1.165) is 5.75 Å². The lowest BCUT2D eigenvalue weighted by Crippen LogP contribution is -2.81. The highest BCUT2D eigenvalue weighted by atomic mass is 31.2. The molecular formula is C54H24BF20OP. The second kappa shape index (κ2) is 21.5. The Morgan fingerprint density at radius 2 is 0.416 bits per heavy atom. The third-order valence-corrected chi connectivity index (χ3v) is 15.8. The number of rotatable bonds is 10. The van der Waals surface area contributed by atoms with Crippen LogP contribution in [0.3, 0.4) is 0 Å². The van der Waals surface area contributed by atoms with Crippen molar-refractivity contribution in [1.82, 2.24) is 0 Å². The molecule has 0 atom stereocenters. The van der Waals surface area contributed by atoms with Crippen LogP contribution in [-0.4, -0.2) is 6.15 Å². The molecule has 0 saturated carbocycles. The van der Waals surface area contributed by atoms with Gasteiger partial charge in [0, 0.05) is 0 Å². The lowest BCUT2D eigenvalue weighted by atomic mass is 9.12. The maximum atomic E-state index is 15.4. The zero-order valence-electron chi connectivity index (χ0n) is 37.8. The van der Waals surface area contributed by atoms with Gasteiger partial charge < -0.3 is 4.52 Å². The van der Waals surface area contributed by atoms with Crippen LogP contribution in [0.5, 0.6) is 5.75 Å². The summed E-state index contributed by atoms with van der Waals surface area (Å²) in [5.74, 6) is -70.5. The normalized spacial score (nSPS) is 11.6. The van der Waals surface area contributed by atoms with E-state index >= 15 is 35.1 Å². The highest BCUT2D eigenvalue weighted by Gasteiger charge is 2.53. The van der Waals surface area contributed by atoms with E-state index in [1.165, 1.54) is 27.0 Å². The van der Waals surface area contributed by atoms with Gasteiger partial charge in [0.25, 0.3) is 7.49 Å². The largest absolute Gasteiger partial charge is 0.334 e. The van der Waals surface area contributed by atoms with Crippen molar-refractivity contribution in [2.24, 2.45) is 0 Å². The maximum Gasteiger partial charge on any atom is 0.287 e. The fourth-order valence-electron chi connectivity index (χ4n) is 8.89. The van der Waals surface area contributed by atoms with Crippen LogP contribution in [0, 0.1) is 116 Å². The van der Waals surface area contributed by atoms with Crippen LogP contribution in [0.1, 0.15) is 0 Å². The summed E-state index contributed by atoms with van der Waals surface area (Å²) in [6, 6.07) is 50.8. The predicted octanol–water partition coefficient (Wildman–Crippen LogP) is 12.5. The molecule has 0 unspecified atom stereocenters. The summed E-state index contributed by atoms with van der Waals surface area (Å²) >= 11 is 0. The number of hydrogen-bond donors (Lipinski definition) is 0. The predicted molar refractivity (Wildman–Crippen MR) is 247 cm³/mol. The van der Waals surface area contributed by atoms with E-state index in [1.54, 1.807) is 0 Å². The molecule has 0 bridgehead atoms. The summed E-state index contributed by atoms with van der Waals surface area (Å²) in [7, 11) is -2.36. The van der Waals surface area contributed by atoms with Crippen molar-refractivity contribution in [2.75, 3.05) is 0 Å². The molecule has 9 aromatic carbocycles. The lowest BCUT2D eigenvalue weighted by Gasteiger charge is -2.44. The van der Waals surface area contributed by atoms with Crippen molar-refractivity contribution in [1.29, 1.82) is 0 Å². The van der Waals surface area contributed by atoms with Crippen LogP contribution in [0.2, 0.25) is 0 Å². The molecule has 0 aliphatic rings. The second-order valence-corrected chi connectivity index (χ2v) is 19.3. The molecule has 0 N–H and O–H groups in total. The van der Waals surface area contributed by atoms with Crippen LogP contribution in [0.25, 0.3) is 11.1 Å². The Balaban J connectivity index is 0.000000215. The molecule has 0 spiro atoms. The van der Waals surface area contributed by atoms with Gasteiger partial charge in [-0.2, -0.15) is 0 Å². The Kier molecular flexibility index (Phi) is 15.4. The van der Waals surface area contributed by atoms with Crippen molar-refractivity contribution in [3.8, 4) is 16.9 Å². The van der Waals surface area contributed by atoms with E-state index in [-0.39, 0.29) is 0 Å². The molecule has 23 heteroatoms. The zero-order valence-corrected chi connectivity index (χ0v) is 38.7. The summed E-state index contributed by atoms with van der Waals surface area (Å²) in [5, 5.41) is 3.60. The van der Waals surface area contributed by atoms with Crippen molar-refractivity contribution in [3.63, 3.8) is 0 Å². The minimum atomic E-state index is -7.22. The van der Waals surface area contributed by atoms with Crippen molar-refractivity contribution in [2.45, 2.75) is 0 Å². The molecule has 9 aromatic rings. The average Bonchev–Trinajstić information content (AvgIpc) is 3.59. The van der Waals surface area contributed by atoms with Gasteiger partial charge >= 0.3 is 0 Å². The fourth-order valence-corrected chi connectivity index (χ4v) is 12.3. The Labute approximate surface area is 421 Å². The van der Waals surface area contributed by atoms with E-state index < -0.39 is 152 Å². The van der Waals surface area contributed by atoms with E-state index in [9.17, 15) is 52.7 Å². The molecule has 9 rings (SSSR count). The highest BCUT2D eigenvalue weighted by molar-refractivity contribution is 7.92. The van der Waals surface area contributed by atoms with Crippen LogP contribution in [-0.2, 0) is 0 Å². The summed E-state index contributed by atoms with van der Waals surface area (Å²) in [4.78, 5) is 0. The quantitative estimate of drug-likeness (QED) is 0.0436. The molecule has 0 aromatic heterocycles. The lowest BCUT2D eigenvalue weighted by molar-refractivity contribution is 0.378. The number of halogens is 20. The average molecular weight is 1110 g/mol. The molecule has 0 aliphatic heterocycles. The minimum absolute atomic E-state index is 0.870. The molecule has 77 heavy (non-hydrogen) atoms. The maximum absolute atomic E-state index is 15.4. The van der Waals surface area contributed by atoms with Crippen molar-refractivity contribution in [3.05, 3.63) is 262 Å².